The maximum Gasteiger partial charge on any atom is 0.323 e. The van der Waals surface area contributed by atoms with Crippen LogP contribution in [-0.4, -0.2) is 28.0 Å². The molecule has 2 aromatic rings. The Labute approximate surface area is 161 Å². The van der Waals surface area contributed by atoms with E-state index in [1.165, 1.54) is 12.3 Å². The minimum absolute atomic E-state index is 0. The van der Waals surface area contributed by atoms with E-state index in [1.54, 1.807) is 6.92 Å². The van der Waals surface area contributed by atoms with E-state index in [2.05, 4.69) is 21.2 Å². The number of benzene rings is 1. The van der Waals surface area contributed by atoms with Crippen LogP contribution in [0.5, 0.6) is 0 Å². The number of hydrogen-bond donors (Lipinski definition) is 3. The molecule has 1 aliphatic heterocycles. The maximum absolute atomic E-state index is 15.3. The number of hydrazine groups is 2. The molecule has 2 heterocycles. The first-order chi connectivity index (χ1) is 13.2. The molecular formula is C18H23F4N5O. The van der Waals surface area contributed by atoms with E-state index in [9.17, 15) is 13.9 Å². The van der Waals surface area contributed by atoms with Gasteiger partial charge in [0, 0.05) is 19.3 Å². The van der Waals surface area contributed by atoms with E-state index in [0.717, 1.165) is 29.5 Å². The van der Waals surface area contributed by atoms with Crippen LogP contribution in [0.15, 0.2) is 41.6 Å². The van der Waals surface area contributed by atoms with Gasteiger partial charge in [0.1, 0.15) is 23.7 Å². The summed E-state index contributed by atoms with van der Waals surface area (Å²) in [6.07, 6.45) is 2.31. The number of hydrazone groups is 1. The number of aromatic nitrogens is 1. The first-order valence-corrected chi connectivity index (χ1v) is 8.53. The Bertz CT molecular complexity index is 838. The van der Waals surface area contributed by atoms with Crippen molar-refractivity contribution in [3.8, 4) is 0 Å². The van der Waals surface area contributed by atoms with E-state index in [0.29, 0.717) is 11.6 Å². The Hall–Kier alpha value is -2.72. The van der Waals surface area contributed by atoms with E-state index in [-0.39, 0.29) is 1.43 Å². The lowest BCUT2D eigenvalue weighted by Crippen LogP contribution is -2.54. The third-order valence-electron chi connectivity index (χ3n) is 3.98. The zero-order valence-corrected chi connectivity index (χ0v) is 15.5. The van der Waals surface area contributed by atoms with E-state index in [4.69, 9.17) is 0 Å². The summed E-state index contributed by atoms with van der Waals surface area (Å²) in [5.74, 6) is -6.26. The highest BCUT2D eigenvalue weighted by molar-refractivity contribution is 5.55. The lowest BCUT2D eigenvalue weighted by Gasteiger charge is -2.38. The summed E-state index contributed by atoms with van der Waals surface area (Å²) in [7, 11) is 0. The van der Waals surface area contributed by atoms with Crippen molar-refractivity contribution in [3.05, 3.63) is 65.0 Å². The first kappa shape index (κ1) is 21.6. The Morgan fingerprint density at radius 3 is 2.43 bits per heavy atom. The van der Waals surface area contributed by atoms with Crippen molar-refractivity contribution in [1.29, 1.82) is 0 Å². The van der Waals surface area contributed by atoms with Crippen LogP contribution < -0.4 is 11.1 Å². The molecular weight excluding hydrogens is 378 g/mol. The molecule has 0 bridgehead atoms. The molecule has 0 fully saturated rings. The summed E-state index contributed by atoms with van der Waals surface area (Å²) in [5, 5.41) is 15.5. The van der Waals surface area contributed by atoms with Crippen molar-refractivity contribution >= 4 is 6.34 Å². The Morgan fingerprint density at radius 2 is 1.89 bits per heavy atom. The number of alkyl halides is 2. The van der Waals surface area contributed by atoms with Gasteiger partial charge in [0.2, 0.25) is 0 Å². The van der Waals surface area contributed by atoms with Gasteiger partial charge in [-0.3, -0.25) is 9.99 Å². The number of nitrogens with one attached hydrogen (secondary N) is 2. The van der Waals surface area contributed by atoms with Crippen LogP contribution in [-0.2, 0) is 11.5 Å². The van der Waals surface area contributed by atoms with Gasteiger partial charge in [0.05, 0.1) is 6.54 Å². The molecule has 1 aliphatic rings. The molecule has 0 spiro atoms. The minimum Gasteiger partial charge on any atom is -0.377 e. The van der Waals surface area contributed by atoms with E-state index < -0.39 is 41.0 Å². The highest BCUT2D eigenvalue weighted by atomic mass is 19.3. The van der Waals surface area contributed by atoms with Crippen molar-refractivity contribution in [2.75, 3.05) is 6.54 Å². The van der Waals surface area contributed by atoms with Crippen molar-refractivity contribution in [3.63, 3.8) is 0 Å². The lowest BCUT2D eigenvalue weighted by molar-refractivity contribution is -0.206. The predicted octanol–water partition coefficient (Wildman–Crippen LogP) is 3.19. The fourth-order valence-electron chi connectivity index (χ4n) is 2.59. The number of rotatable bonds is 5. The van der Waals surface area contributed by atoms with Crippen LogP contribution in [0.2, 0.25) is 0 Å². The Balaban J connectivity index is 0.00000136. The highest BCUT2D eigenvalue weighted by Gasteiger charge is 2.58. The van der Waals surface area contributed by atoms with Crippen LogP contribution in [0, 0.1) is 18.6 Å². The first-order valence-electron chi connectivity index (χ1n) is 8.53. The summed E-state index contributed by atoms with van der Waals surface area (Å²) in [6, 6.07) is 4.46. The zero-order valence-electron chi connectivity index (χ0n) is 15.5. The fraction of sp³-hybridized carbons (Fsp3) is 0.333. The van der Waals surface area contributed by atoms with Crippen LogP contribution in [0.1, 0.15) is 32.1 Å². The topological polar surface area (TPSA) is 72.8 Å². The van der Waals surface area contributed by atoms with Gasteiger partial charge in [-0.1, -0.05) is 19.9 Å². The van der Waals surface area contributed by atoms with E-state index >= 15 is 8.78 Å². The SMILES string of the molecule is CC.Cc1ccc(C(F)(F)[C@@](O)(CN2C=NNN2)c2ccc(F)cc2F)nc1.[HH]. The predicted molar refractivity (Wildman–Crippen MR) is 98.1 cm³/mol. The number of halogens is 4. The molecule has 6 nitrogen and oxygen atoms in total. The molecule has 0 saturated heterocycles. The molecule has 0 unspecified atom stereocenters. The van der Waals surface area contributed by atoms with Crippen molar-refractivity contribution in [1.82, 2.24) is 21.1 Å². The average Bonchev–Trinajstić information content (AvgIpc) is 3.16. The van der Waals surface area contributed by atoms with Gasteiger partial charge in [-0.2, -0.15) is 13.9 Å². The van der Waals surface area contributed by atoms with Crippen molar-refractivity contribution in [2.24, 2.45) is 5.10 Å². The third-order valence-corrected chi connectivity index (χ3v) is 3.98. The molecule has 154 valence electrons. The number of pyridine rings is 1. The van der Waals surface area contributed by atoms with E-state index in [1.807, 2.05) is 13.8 Å². The zero-order chi connectivity index (χ0) is 20.9. The van der Waals surface area contributed by atoms with Crippen molar-refractivity contribution in [2.45, 2.75) is 32.3 Å². The summed E-state index contributed by atoms with van der Waals surface area (Å²) >= 11 is 0. The fourth-order valence-corrected chi connectivity index (χ4v) is 2.59. The monoisotopic (exact) mass is 401 g/mol. The molecule has 1 atom stereocenters. The molecule has 0 saturated carbocycles. The molecule has 1 aromatic carbocycles. The molecule has 3 N–H and O–H groups in total. The second kappa shape index (κ2) is 8.53. The van der Waals surface area contributed by atoms with Gasteiger partial charge >= 0.3 is 5.92 Å². The van der Waals surface area contributed by atoms with Crippen LogP contribution >= 0.6 is 0 Å². The number of aliphatic hydroxyl groups is 1. The number of aryl methyl sites for hydroxylation is 1. The summed E-state index contributed by atoms with van der Waals surface area (Å²) in [5.41, 5.74) is 0.730. The average molecular weight is 401 g/mol. The lowest BCUT2D eigenvalue weighted by atomic mass is 9.84. The minimum atomic E-state index is -4.00. The second-order valence-corrected chi connectivity index (χ2v) is 5.88. The normalized spacial score (nSPS) is 15.5. The Kier molecular flexibility index (Phi) is 6.57. The van der Waals surface area contributed by atoms with Gasteiger partial charge in [-0.05, 0) is 30.7 Å². The standard InChI is InChI=1S/C16H15F4N5O.C2H6.H2/c1-10-2-5-14(21-7-10)16(19,20)15(26,8-25-9-22-23-24-25)12-4-3-11(17)6-13(12)18;1-2;/h2-7,9,23-24,26H,8H2,1H3;1-2H3;1H/t15-;;/m1../s1. The van der Waals surface area contributed by atoms with Gasteiger partial charge < -0.3 is 5.11 Å². The van der Waals surface area contributed by atoms with Gasteiger partial charge in [-0.15, -0.1) is 5.53 Å². The quantitative estimate of drug-likeness (QED) is 0.672. The van der Waals surface area contributed by atoms with Crippen molar-refractivity contribution < 1.29 is 24.1 Å². The van der Waals surface area contributed by atoms with Gasteiger partial charge in [0.15, 0.2) is 5.60 Å². The third kappa shape index (κ3) is 4.07. The molecule has 28 heavy (non-hydrogen) atoms. The molecule has 3 rings (SSSR count). The number of nitrogens with zero attached hydrogens (tertiary/aromatic N) is 3. The van der Waals surface area contributed by atoms with Crippen LogP contribution in [0.4, 0.5) is 17.6 Å². The van der Waals surface area contributed by atoms with Gasteiger partial charge in [0.25, 0.3) is 0 Å². The molecule has 0 aliphatic carbocycles. The second-order valence-electron chi connectivity index (χ2n) is 5.88. The molecule has 10 heteroatoms. The highest BCUT2D eigenvalue weighted by Crippen LogP contribution is 2.46. The smallest absolute Gasteiger partial charge is 0.323 e. The number of hydrogen-bond acceptors (Lipinski definition) is 6. The summed E-state index contributed by atoms with van der Waals surface area (Å²) < 4.78 is 58.0. The van der Waals surface area contributed by atoms with Crippen LogP contribution in [0.25, 0.3) is 0 Å². The molecule has 0 radical (unpaired) electrons. The maximum atomic E-state index is 15.3. The number of β-amino-alcohol motifs (C(OH)–C–C–N with tert-alkyl or cyclic N) is 1. The van der Waals surface area contributed by atoms with Gasteiger partial charge in [-0.25, -0.2) is 14.3 Å². The molecule has 1 aromatic heterocycles. The largest absolute Gasteiger partial charge is 0.377 e. The summed E-state index contributed by atoms with van der Waals surface area (Å²) in [4.78, 5) is 3.67. The Morgan fingerprint density at radius 1 is 1.18 bits per heavy atom. The summed E-state index contributed by atoms with van der Waals surface area (Å²) in [6.45, 7) is 4.87. The molecule has 0 amide bonds. The van der Waals surface area contributed by atoms with Crippen LogP contribution in [0.3, 0.4) is 0 Å².